The van der Waals surface area contributed by atoms with Crippen LogP contribution in [0.2, 0.25) is 0 Å². The molecule has 142 valence electrons. The van der Waals surface area contributed by atoms with Crippen LogP contribution < -0.4 is 10.6 Å². The number of carbonyl (C=O) groups excluding carboxylic acids is 3. The van der Waals surface area contributed by atoms with E-state index < -0.39 is 17.8 Å². The standard InChI is InChI=1S/C19H22N4O4/c1-3-27-17(24)10-7-15-5-8-16(9-6-15)22-19(26)18(25)21-14(2)13-23-12-4-11-20-23/h4-12,14H,3,13H2,1-2H3,(H,21,25)(H,22,26)/b10-7-/t14-/m0/s1. The Bertz CT molecular complexity index is 798. The Hall–Kier alpha value is -3.42. The number of ether oxygens (including phenoxy) is 1. The number of esters is 1. The number of hydrogen-bond acceptors (Lipinski definition) is 5. The molecule has 8 nitrogen and oxygen atoms in total. The van der Waals surface area contributed by atoms with E-state index in [1.807, 2.05) is 0 Å². The number of amides is 2. The number of carbonyl (C=O) groups is 3. The molecular formula is C19H22N4O4. The van der Waals surface area contributed by atoms with Crippen LogP contribution in [0, 0.1) is 0 Å². The lowest BCUT2D eigenvalue weighted by Gasteiger charge is -2.13. The summed E-state index contributed by atoms with van der Waals surface area (Å²) >= 11 is 0. The second-order valence-electron chi connectivity index (χ2n) is 5.76. The van der Waals surface area contributed by atoms with Crippen LogP contribution in [0.1, 0.15) is 19.4 Å². The van der Waals surface area contributed by atoms with Crippen molar-refractivity contribution in [3.63, 3.8) is 0 Å². The third kappa shape index (κ3) is 6.77. The van der Waals surface area contributed by atoms with Gasteiger partial charge in [0.1, 0.15) is 0 Å². The van der Waals surface area contributed by atoms with Crippen molar-refractivity contribution in [2.75, 3.05) is 11.9 Å². The van der Waals surface area contributed by atoms with Crippen molar-refractivity contribution in [3.05, 3.63) is 54.4 Å². The highest BCUT2D eigenvalue weighted by atomic mass is 16.5. The van der Waals surface area contributed by atoms with Gasteiger partial charge in [-0.3, -0.25) is 14.3 Å². The van der Waals surface area contributed by atoms with Gasteiger partial charge in [0.25, 0.3) is 0 Å². The normalized spacial score (nSPS) is 11.8. The van der Waals surface area contributed by atoms with Gasteiger partial charge in [-0.2, -0.15) is 5.10 Å². The number of hydrogen-bond donors (Lipinski definition) is 2. The topological polar surface area (TPSA) is 102 Å². The summed E-state index contributed by atoms with van der Waals surface area (Å²) in [6.07, 6.45) is 6.35. The van der Waals surface area contributed by atoms with Crippen LogP contribution in [0.25, 0.3) is 6.08 Å². The fraction of sp³-hybridized carbons (Fsp3) is 0.263. The lowest BCUT2D eigenvalue weighted by Crippen LogP contribution is -2.42. The number of nitrogens with one attached hydrogen (secondary N) is 2. The number of benzene rings is 1. The third-order valence-electron chi connectivity index (χ3n) is 3.47. The second-order valence-corrected chi connectivity index (χ2v) is 5.76. The molecule has 8 heteroatoms. The van der Waals surface area contributed by atoms with Crippen LogP contribution in [0.15, 0.2) is 48.8 Å². The summed E-state index contributed by atoms with van der Waals surface area (Å²) in [6.45, 7) is 4.30. The van der Waals surface area contributed by atoms with Gasteiger partial charge < -0.3 is 15.4 Å². The smallest absolute Gasteiger partial charge is 0.330 e. The van der Waals surface area contributed by atoms with Gasteiger partial charge in [-0.05, 0) is 43.7 Å². The van der Waals surface area contributed by atoms with Gasteiger partial charge in [-0.15, -0.1) is 0 Å². The van der Waals surface area contributed by atoms with Gasteiger partial charge in [0.05, 0.1) is 13.2 Å². The van der Waals surface area contributed by atoms with Crippen molar-refractivity contribution in [1.82, 2.24) is 15.1 Å². The van der Waals surface area contributed by atoms with Crippen LogP contribution in [0.5, 0.6) is 0 Å². The number of aromatic nitrogens is 2. The molecule has 0 saturated heterocycles. The molecule has 1 heterocycles. The van der Waals surface area contributed by atoms with Crippen molar-refractivity contribution in [2.45, 2.75) is 26.4 Å². The summed E-state index contributed by atoms with van der Waals surface area (Å²) in [6, 6.07) is 8.24. The lowest BCUT2D eigenvalue weighted by atomic mass is 10.2. The predicted octanol–water partition coefficient (Wildman–Crippen LogP) is 1.60. The summed E-state index contributed by atoms with van der Waals surface area (Å²) in [5.74, 6) is -1.89. The second kappa shape index (κ2) is 9.91. The van der Waals surface area contributed by atoms with Gasteiger partial charge >= 0.3 is 17.8 Å². The van der Waals surface area contributed by atoms with Crippen LogP contribution in [0.3, 0.4) is 0 Å². The van der Waals surface area contributed by atoms with E-state index in [4.69, 9.17) is 4.74 Å². The highest BCUT2D eigenvalue weighted by molar-refractivity contribution is 6.39. The molecule has 0 fully saturated rings. The molecule has 2 rings (SSSR count). The molecule has 0 saturated carbocycles. The Kier molecular flexibility index (Phi) is 7.30. The number of nitrogens with zero attached hydrogens (tertiary/aromatic N) is 2. The zero-order valence-corrected chi connectivity index (χ0v) is 15.2. The molecule has 1 aromatic heterocycles. The van der Waals surface area contributed by atoms with Gasteiger partial charge in [0, 0.05) is 30.2 Å². The Morgan fingerprint density at radius 2 is 1.96 bits per heavy atom. The lowest BCUT2D eigenvalue weighted by molar-refractivity contribution is -0.137. The van der Waals surface area contributed by atoms with Crippen LogP contribution >= 0.6 is 0 Å². The first kappa shape index (κ1) is 19.9. The van der Waals surface area contributed by atoms with E-state index in [1.165, 1.54) is 6.08 Å². The number of rotatable bonds is 7. The molecule has 0 aliphatic carbocycles. The van der Waals surface area contributed by atoms with Crippen molar-refractivity contribution < 1.29 is 19.1 Å². The number of anilines is 1. The third-order valence-corrected chi connectivity index (χ3v) is 3.47. The maximum Gasteiger partial charge on any atom is 0.330 e. The fourth-order valence-electron chi connectivity index (χ4n) is 2.24. The average molecular weight is 370 g/mol. The summed E-state index contributed by atoms with van der Waals surface area (Å²) in [7, 11) is 0. The van der Waals surface area contributed by atoms with E-state index in [-0.39, 0.29) is 6.04 Å². The molecule has 2 amide bonds. The molecule has 1 aromatic carbocycles. The largest absolute Gasteiger partial charge is 0.463 e. The first-order valence-electron chi connectivity index (χ1n) is 8.52. The van der Waals surface area contributed by atoms with Crippen LogP contribution in [-0.4, -0.2) is 40.2 Å². The van der Waals surface area contributed by atoms with Crippen LogP contribution in [0.4, 0.5) is 5.69 Å². The molecule has 0 radical (unpaired) electrons. The minimum Gasteiger partial charge on any atom is -0.463 e. The zero-order valence-electron chi connectivity index (χ0n) is 15.2. The Morgan fingerprint density at radius 1 is 1.22 bits per heavy atom. The summed E-state index contributed by atoms with van der Waals surface area (Å²) in [4.78, 5) is 35.3. The Labute approximate surface area is 157 Å². The Morgan fingerprint density at radius 3 is 2.59 bits per heavy atom. The van der Waals surface area contributed by atoms with Gasteiger partial charge in [-0.1, -0.05) is 12.1 Å². The monoisotopic (exact) mass is 370 g/mol. The summed E-state index contributed by atoms with van der Waals surface area (Å²) < 4.78 is 6.47. The predicted molar refractivity (Wildman–Crippen MR) is 101 cm³/mol. The molecule has 0 aliphatic rings. The van der Waals surface area contributed by atoms with E-state index in [0.29, 0.717) is 18.8 Å². The fourth-order valence-corrected chi connectivity index (χ4v) is 2.24. The van der Waals surface area contributed by atoms with E-state index >= 15 is 0 Å². The highest BCUT2D eigenvalue weighted by Crippen LogP contribution is 2.11. The molecular weight excluding hydrogens is 348 g/mol. The van der Waals surface area contributed by atoms with E-state index in [0.717, 1.165) is 5.56 Å². The molecule has 27 heavy (non-hydrogen) atoms. The maximum atomic E-state index is 12.0. The van der Waals surface area contributed by atoms with Crippen molar-refractivity contribution in [1.29, 1.82) is 0 Å². The van der Waals surface area contributed by atoms with E-state index in [2.05, 4.69) is 15.7 Å². The highest BCUT2D eigenvalue weighted by Gasteiger charge is 2.16. The van der Waals surface area contributed by atoms with E-state index in [9.17, 15) is 14.4 Å². The summed E-state index contributed by atoms with van der Waals surface area (Å²) in [5.41, 5.74) is 1.24. The van der Waals surface area contributed by atoms with Crippen molar-refractivity contribution in [2.24, 2.45) is 0 Å². The molecule has 0 spiro atoms. The Balaban J connectivity index is 1.83. The molecule has 0 bridgehead atoms. The summed E-state index contributed by atoms with van der Waals surface area (Å²) in [5, 5.41) is 9.20. The van der Waals surface area contributed by atoms with Crippen molar-refractivity contribution >= 4 is 29.5 Å². The minimum absolute atomic E-state index is 0.251. The van der Waals surface area contributed by atoms with E-state index in [1.54, 1.807) is 67.3 Å². The molecule has 2 aromatic rings. The van der Waals surface area contributed by atoms with Crippen LogP contribution in [-0.2, 0) is 25.7 Å². The van der Waals surface area contributed by atoms with Gasteiger partial charge in [0.2, 0.25) is 0 Å². The van der Waals surface area contributed by atoms with Crippen molar-refractivity contribution in [3.8, 4) is 0 Å². The quantitative estimate of drug-likeness (QED) is 0.438. The minimum atomic E-state index is -0.753. The van der Waals surface area contributed by atoms with Gasteiger partial charge in [0.15, 0.2) is 0 Å². The first-order valence-corrected chi connectivity index (χ1v) is 8.52. The first-order chi connectivity index (χ1) is 13.0. The maximum absolute atomic E-state index is 12.0. The molecule has 2 N–H and O–H groups in total. The zero-order chi connectivity index (χ0) is 19.6. The molecule has 1 atom stereocenters. The van der Waals surface area contributed by atoms with Gasteiger partial charge in [-0.25, -0.2) is 4.79 Å². The molecule has 0 unspecified atom stereocenters. The average Bonchev–Trinajstić information content (AvgIpc) is 3.14. The SMILES string of the molecule is CCOC(=O)/C=C\c1ccc(NC(=O)C(=O)N[C@@H](C)Cn2cccn2)cc1. The molecule has 0 aliphatic heterocycles.